The molecule has 0 aliphatic heterocycles. The minimum atomic E-state index is 0.885. The molecule has 0 radical (unpaired) electrons. The van der Waals surface area contributed by atoms with Crippen molar-refractivity contribution in [3.63, 3.8) is 0 Å². The van der Waals surface area contributed by atoms with Gasteiger partial charge in [0.25, 0.3) is 0 Å². The van der Waals surface area contributed by atoms with Gasteiger partial charge in [0, 0.05) is 0 Å². The zero-order valence-electron chi connectivity index (χ0n) is 10.7. The lowest BCUT2D eigenvalue weighted by atomic mass is 10.0. The third-order valence-corrected chi connectivity index (χ3v) is 2.94. The Bertz CT molecular complexity index is 530. The maximum Gasteiger partial charge on any atom is 0.233 e. The Labute approximate surface area is 102 Å². The van der Waals surface area contributed by atoms with Gasteiger partial charge in [0.15, 0.2) is 6.20 Å². The predicted octanol–water partition coefficient (Wildman–Crippen LogP) is 2.20. The van der Waals surface area contributed by atoms with Crippen LogP contribution in [0.2, 0.25) is 0 Å². The highest BCUT2D eigenvalue weighted by molar-refractivity contribution is 5.64. The Kier molecular flexibility index (Phi) is 3.09. The molecule has 0 unspecified atom stereocenters. The van der Waals surface area contributed by atoms with Crippen molar-refractivity contribution in [1.82, 2.24) is 4.98 Å². The van der Waals surface area contributed by atoms with Crippen molar-refractivity contribution in [1.29, 1.82) is 0 Å². The van der Waals surface area contributed by atoms with E-state index in [9.17, 15) is 0 Å². The van der Waals surface area contributed by atoms with E-state index in [1.165, 1.54) is 11.1 Å². The van der Waals surface area contributed by atoms with Gasteiger partial charge in [-0.3, -0.25) is 0 Å². The topological polar surface area (TPSA) is 26.0 Å². The number of hydrogen-bond acceptors (Lipinski definition) is 2. The fourth-order valence-electron chi connectivity index (χ4n) is 2.05. The second-order valence-electron chi connectivity index (χ2n) is 4.15. The van der Waals surface area contributed by atoms with E-state index in [1.54, 1.807) is 7.11 Å². The Morgan fingerprint density at radius 3 is 2.59 bits per heavy atom. The molecule has 0 saturated heterocycles. The molecule has 0 aliphatic rings. The SMILES string of the molecule is COc1ccc(-c2c(C)ncc[n+]2C)c(C)c1. The van der Waals surface area contributed by atoms with E-state index in [0.29, 0.717) is 0 Å². The molecule has 1 aromatic carbocycles. The van der Waals surface area contributed by atoms with Gasteiger partial charge in [-0.15, -0.1) is 0 Å². The number of hydrogen-bond donors (Lipinski definition) is 0. The van der Waals surface area contributed by atoms with Crippen molar-refractivity contribution in [2.24, 2.45) is 7.05 Å². The highest BCUT2D eigenvalue weighted by Crippen LogP contribution is 2.25. The molecule has 0 saturated carbocycles. The minimum Gasteiger partial charge on any atom is -0.497 e. The quantitative estimate of drug-likeness (QED) is 0.738. The molecule has 3 nitrogen and oxygen atoms in total. The average molecular weight is 229 g/mol. The first-order valence-electron chi connectivity index (χ1n) is 5.59. The lowest BCUT2D eigenvalue weighted by Gasteiger charge is -2.08. The molecule has 0 N–H and O–H groups in total. The Hall–Kier alpha value is -1.90. The van der Waals surface area contributed by atoms with E-state index in [2.05, 4.69) is 22.5 Å². The minimum absolute atomic E-state index is 0.885. The summed E-state index contributed by atoms with van der Waals surface area (Å²) in [6, 6.07) is 6.11. The summed E-state index contributed by atoms with van der Waals surface area (Å²) in [5, 5.41) is 0. The standard InChI is InChI=1S/C14H17N2O/c1-10-9-12(17-4)5-6-13(10)14-11(2)15-7-8-16(14)3/h5-9H,1-4H3/q+1. The monoisotopic (exact) mass is 229 g/mol. The average Bonchev–Trinajstić information content (AvgIpc) is 2.30. The zero-order valence-corrected chi connectivity index (χ0v) is 10.7. The number of rotatable bonds is 2. The maximum atomic E-state index is 5.22. The number of methoxy groups -OCH3 is 1. The molecule has 3 heteroatoms. The van der Waals surface area contributed by atoms with Crippen LogP contribution in [0.15, 0.2) is 30.6 Å². The number of ether oxygens (including phenoxy) is 1. The first-order chi connectivity index (χ1) is 8.13. The zero-order chi connectivity index (χ0) is 12.4. The molecule has 0 amide bonds. The van der Waals surface area contributed by atoms with Gasteiger partial charge >= 0.3 is 0 Å². The van der Waals surface area contributed by atoms with Gasteiger partial charge in [-0.2, -0.15) is 4.57 Å². The van der Waals surface area contributed by atoms with E-state index in [-0.39, 0.29) is 0 Å². The molecule has 88 valence electrons. The summed E-state index contributed by atoms with van der Waals surface area (Å²) in [6.07, 6.45) is 3.78. The van der Waals surface area contributed by atoms with Gasteiger partial charge in [-0.1, -0.05) is 0 Å². The molecule has 2 rings (SSSR count). The normalized spacial score (nSPS) is 10.4. The summed E-state index contributed by atoms with van der Waals surface area (Å²) in [5.74, 6) is 0.885. The Morgan fingerprint density at radius 2 is 2.00 bits per heavy atom. The van der Waals surface area contributed by atoms with Crippen LogP contribution in [-0.2, 0) is 7.05 Å². The van der Waals surface area contributed by atoms with Crippen LogP contribution in [0.4, 0.5) is 0 Å². The van der Waals surface area contributed by atoms with E-state index in [1.807, 2.05) is 38.5 Å². The molecule has 17 heavy (non-hydrogen) atoms. The van der Waals surface area contributed by atoms with Crippen molar-refractivity contribution in [3.8, 4) is 17.0 Å². The number of aryl methyl sites for hydroxylation is 3. The molecule has 0 aliphatic carbocycles. The molecule has 0 fully saturated rings. The van der Waals surface area contributed by atoms with Gasteiger partial charge in [-0.25, -0.2) is 4.98 Å². The van der Waals surface area contributed by atoms with Gasteiger partial charge in [0.2, 0.25) is 5.69 Å². The summed E-state index contributed by atoms with van der Waals surface area (Å²) < 4.78 is 7.32. The number of aromatic nitrogens is 2. The van der Waals surface area contributed by atoms with Crippen molar-refractivity contribution in [3.05, 3.63) is 41.9 Å². The lowest BCUT2D eigenvalue weighted by molar-refractivity contribution is -0.661. The second kappa shape index (κ2) is 4.53. The van der Waals surface area contributed by atoms with E-state index < -0.39 is 0 Å². The Morgan fingerprint density at radius 1 is 1.24 bits per heavy atom. The fourth-order valence-corrected chi connectivity index (χ4v) is 2.05. The van der Waals surface area contributed by atoms with E-state index in [4.69, 9.17) is 4.74 Å². The Balaban J connectivity index is 2.61. The molecule has 0 atom stereocenters. The van der Waals surface area contributed by atoms with Crippen molar-refractivity contribution >= 4 is 0 Å². The molecule has 1 heterocycles. The molecular formula is C14H17N2O+. The molecule has 0 spiro atoms. The van der Waals surface area contributed by atoms with Gasteiger partial charge in [0.05, 0.1) is 18.9 Å². The largest absolute Gasteiger partial charge is 0.497 e. The smallest absolute Gasteiger partial charge is 0.233 e. The summed E-state index contributed by atoms with van der Waals surface area (Å²) in [6.45, 7) is 4.11. The van der Waals surface area contributed by atoms with E-state index in [0.717, 1.165) is 17.1 Å². The number of benzene rings is 1. The number of nitrogens with zero attached hydrogens (tertiary/aromatic N) is 2. The van der Waals surface area contributed by atoms with Crippen LogP contribution < -0.4 is 9.30 Å². The van der Waals surface area contributed by atoms with Crippen LogP contribution in [0.1, 0.15) is 11.3 Å². The summed E-state index contributed by atoms with van der Waals surface area (Å²) in [4.78, 5) is 4.35. The van der Waals surface area contributed by atoms with Gasteiger partial charge in [-0.05, 0) is 37.6 Å². The third-order valence-electron chi connectivity index (χ3n) is 2.94. The van der Waals surface area contributed by atoms with Crippen molar-refractivity contribution in [2.45, 2.75) is 13.8 Å². The van der Waals surface area contributed by atoms with Crippen LogP contribution in [-0.4, -0.2) is 12.1 Å². The van der Waals surface area contributed by atoms with Gasteiger partial charge < -0.3 is 4.74 Å². The highest BCUT2D eigenvalue weighted by atomic mass is 16.5. The fraction of sp³-hybridized carbons (Fsp3) is 0.286. The molecular weight excluding hydrogens is 212 g/mol. The summed E-state index contributed by atoms with van der Waals surface area (Å²) in [5.41, 5.74) is 4.56. The summed E-state index contributed by atoms with van der Waals surface area (Å²) >= 11 is 0. The molecule has 0 bridgehead atoms. The second-order valence-corrected chi connectivity index (χ2v) is 4.15. The summed E-state index contributed by atoms with van der Waals surface area (Å²) in [7, 11) is 3.72. The molecule has 2 aromatic rings. The van der Waals surface area contributed by atoms with Crippen molar-refractivity contribution < 1.29 is 9.30 Å². The third kappa shape index (κ3) is 2.13. The van der Waals surface area contributed by atoms with Crippen LogP contribution >= 0.6 is 0 Å². The van der Waals surface area contributed by atoms with E-state index >= 15 is 0 Å². The van der Waals surface area contributed by atoms with Crippen LogP contribution in [0, 0.1) is 13.8 Å². The van der Waals surface area contributed by atoms with Gasteiger partial charge in [0.1, 0.15) is 18.5 Å². The van der Waals surface area contributed by atoms with Crippen LogP contribution in [0.5, 0.6) is 5.75 Å². The highest BCUT2D eigenvalue weighted by Gasteiger charge is 2.16. The predicted molar refractivity (Wildman–Crippen MR) is 66.9 cm³/mol. The first-order valence-corrected chi connectivity index (χ1v) is 5.59. The van der Waals surface area contributed by atoms with Crippen LogP contribution in [0.25, 0.3) is 11.3 Å². The maximum absolute atomic E-state index is 5.22. The first kappa shape index (κ1) is 11.6. The lowest BCUT2D eigenvalue weighted by Crippen LogP contribution is -2.32. The van der Waals surface area contributed by atoms with Crippen molar-refractivity contribution in [2.75, 3.05) is 7.11 Å². The van der Waals surface area contributed by atoms with Crippen LogP contribution in [0.3, 0.4) is 0 Å². The molecule has 1 aromatic heterocycles.